The summed E-state index contributed by atoms with van der Waals surface area (Å²) in [5.74, 6) is 0. The van der Waals surface area contributed by atoms with E-state index in [1.54, 1.807) is 6.07 Å². The van der Waals surface area contributed by atoms with Gasteiger partial charge in [-0.25, -0.2) is 0 Å². The molecule has 0 fully saturated rings. The lowest BCUT2D eigenvalue weighted by Crippen LogP contribution is -2.14. The van der Waals surface area contributed by atoms with Crippen LogP contribution in [0, 0.1) is 0 Å². The predicted molar refractivity (Wildman–Crippen MR) is 72.4 cm³/mol. The third-order valence-corrected chi connectivity index (χ3v) is 4.02. The Bertz CT molecular complexity index is 576. The van der Waals surface area contributed by atoms with Gasteiger partial charge in [0.1, 0.15) is 10.0 Å². The van der Waals surface area contributed by atoms with Gasteiger partial charge < -0.3 is 5.32 Å². The van der Waals surface area contributed by atoms with E-state index in [2.05, 4.69) is 15.5 Å². The van der Waals surface area contributed by atoms with Crippen LogP contribution >= 0.6 is 11.3 Å². The predicted octanol–water partition coefficient (Wildman–Crippen LogP) is 3.89. The van der Waals surface area contributed by atoms with Crippen LogP contribution in [0.15, 0.2) is 24.3 Å². The second kappa shape index (κ2) is 5.88. The Balaban J connectivity index is 2.33. The number of alkyl halides is 3. The summed E-state index contributed by atoms with van der Waals surface area (Å²) in [6.07, 6.45) is -3.51. The number of hydrogen-bond donors (Lipinski definition) is 1. The highest BCUT2D eigenvalue weighted by Crippen LogP contribution is 2.33. The van der Waals surface area contributed by atoms with Crippen molar-refractivity contribution in [1.82, 2.24) is 15.5 Å². The zero-order chi connectivity index (χ0) is 14.8. The van der Waals surface area contributed by atoms with Crippen LogP contribution in [-0.4, -0.2) is 17.2 Å². The van der Waals surface area contributed by atoms with Crippen molar-refractivity contribution < 1.29 is 13.2 Å². The molecule has 1 aromatic carbocycles. The number of nitrogens with zero attached hydrogens (tertiary/aromatic N) is 2. The maximum Gasteiger partial charge on any atom is 0.416 e. The zero-order valence-corrected chi connectivity index (χ0v) is 11.8. The first-order valence-corrected chi connectivity index (χ1v) is 6.95. The van der Waals surface area contributed by atoms with E-state index in [0.29, 0.717) is 10.6 Å². The Hall–Kier alpha value is -1.47. The number of aromatic nitrogens is 2. The monoisotopic (exact) mass is 301 g/mol. The quantitative estimate of drug-likeness (QED) is 0.931. The molecule has 0 aliphatic rings. The molecule has 7 heteroatoms. The van der Waals surface area contributed by atoms with Crippen LogP contribution in [0.25, 0.3) is 10.6 Å². The lowest BCUT2D eigenvalue weighted by Gasteiger charge is -2.08. The molecule has 3 nitrogen and oxygen atoms in total. The van der Waals surface area contributed by atoms with Crippen molar-refractivity contribution in [3.8, 4) is 10.6 Å². The molecule has 0 saturated heterocycles. The average Bonchev–Trinajstić information content (AvgIpc) is 2.89. The van der Waals surface area contributed by atoms with Gasteiger partial charge in [0, 0.05) is 5.56 Å². The standard InChI is InChI=1S/C13H14F3N3S/c1-3-10(17-2)12-19-18-11(20-12)8-5-4-6-9(7-8)13(14,15)16/h4-7,10,17H,3H2,1-2H3. The van der Waals surface area contributed by atoms with E-state index in [9.17, 15) is 13.2 Å². The highest BCUT2D eigenvalue weighted by Gasteiger charge is 2.30. The van der Waals surface area contributed by atoms with Gasteiger partial charge in [-0.3, -0.25) is 0 Å². The van der Waals surface area contributed by atoms with Crippen LogP contribution in [-0.2, 0) is 6.18 Å². The third-order valence-electron chi connectivity index (χ3n) is 2.93. The van der Waals surface area contributed by atoms with Crippen molar-refractivity contribution >= 4 is 11.3 Å². The fourth-order valence-corrected chi connectivity index (χ4v) is 2.86. The van der Waals surface area contributed by atoms with E-state index in [1.807, 2.05) is 14.0 Å². The fourth-order valence-electron chi connectivity index (χ4n) is 1.82. The summed E-state index contributed by atoms with van der Waals surface area (Å²) in [6.45, 7) is 2.01. The Morgan fingerprint density at radius 2 is 2.05 bits per heavy atom. The molecule has 0 bridgehead atoms. The molecule has 1 N–H and O–H groups in total. The summed E-state index contributed by atoms with van der Waals surface area (Å²) >= 11 is 1.31. The zero-order valence-electron chi connectivity index (χ0n) is 11.0. The van der Waals surface area contributed by atoms with Gasteiger partial charge in [-0.2, -0.15) is 13.2 Å². The summed E-state index contributed by atoms with van der Waals surface area (Å²) in [4.78, 5) is 0. The lowest BCUT2D eigenvalue weighted by atomic mass is 10.1. The van der Waals surface area contributed by atoms with Crippen LogP contribution in [0.3, 0.4) is 0 Å². The van der Waals surface area contributed by atoms with E-state index >= 15 is 0 Å². The Morgan fingerprint density at radius 3 is 2.65 bits per heavy atom. The number of nitrogens with one attached hydrogen (secondary N) is 1. The lowest BCUT2D eigenvalue weighted by molar-refractivity contribution is -0.137. The molecule has 1 unspecified atom stereocenters. The van der Waals surface area contributed by atoms with Gasteiger partial charge >= 0.3 is 6.18 Å². The molecule has 0 spiro atoms. The molecule has 0 radical (unpaired) electrons. The van der Waals surface area contributed by atoms with E-state index in [-0.39, 0.29) is 6.04 Å². The van der Waals surface area contributed by atoms with Gasteiger partial charge in [0.05, 0.1) is 11.6 Å². The van der Waals surface area contributed by atoms with E-state index in [4.69, 9.17) is 0 Å². The van der Waals surface area contributed by atoms with Crippen molar-refractivity contribution in [2.24, 2.45) is 0 Å². The minimum Gasteiger partial charge on any atom is -0.311 e. The van der Waals surface area contributed by atoms with Gasteiger partial charge in [0.2, 0.25) is 0 Å². The van der Waals surface area contributed by atoms with Gasteiger partial charge in [-0.1, -0.05) is 30.4 Å². The van der Waals surface area contributed by atoms with Crippen molar-refractivity contribution in [2.45, 2.75) is 25.6 Å². The second-order valence-electron chi connectivity index (χ2n) is 4.27. The van der Waals surface area contributed by atoms with Crippen molar-refractivity contribution in [3.63, 3.8) is 0 Å². The van der Waals surface area contributed by atoms with Crippen LogP contribution < -0.4 is 5.32 Å². The first-order valence-electron chi connectivity index (χ1n) is 6.14. The minimum atomic E-state index is -4.35. The SMILES string of the molecule is CCC(NC)c1nnc(-c2cccc(C(F)(F)F)c2)s1. The molecule has 0 aliphatic heterocycles. The summed E-state index contributed by atoms with van der Waals surface area (Å²) in [5, 5.41) is 12.4. The smallest absolute Gasteiger partial charge is 0.311 e. The maximum atomic E-state index is 12.7. The van der Waals surface area contributed by atoms with Crippen LogP contribution in [0.2, 0.25) is 0 Å². The number of hydrogen-bond acceptors (Lipinski definition) is 4. The molecule has 0 saturated carbocycles. The fraction of sp³-hybridized carbons (Fsp3) is 0.385. The van der Waals surface area contributed by atoms with Crippen LogP contribution in [0.1, 0.15) is 30.0 Å². The van der Waals surface area contributed by atoms with Crippen LogP contribution in [0.4, 0.5) is 13.2 Å². The van der Waals surface area contributed by atoms with Crippen molar-refractivity contribution in [2.75, 3.05) is 7.05 Å². The van der Waals surface area contributed by atoms with E-state index < -0.39 is 11.7 Å². The molecule has 2 rings (SSSR count). The number of benzene rings is 1. The van der Waals surface area contributed by atoms with E-state index in [1.165, 1.54) is 17.4 Å². The first kappa shape index (κ1) is 14.9. The Morgan fingerprint density at radius 1 is 1.30 bits per heavy atom. The summed E-state index contributed by atoms with van der Waals surface area (Å²) in [6, 6.07) is 5.22. The maximum absolute atomic E-state index is 12.7. The molecule has 20 heavy (non-hydrogen) atoms. The van der Waals surface area contributed by atoms with Crippen LogP contribution in [0.5, 0.6) is 0 Å². The summed E-state index contributed by atoms with van der Waals surface area (Å²) in [5.41, 5.74) is -0.234. The molecule has 1 heterocycles. The van der Waals surface area contributed by atoms with Gasteiger partial charge in [0.15, 0.2) is 0 Å². The first-order chi connectivity index (χ1) is 9.45. The third kappa shape index (κ3) is 3.16. The molecule has 1 atom stereocenters. The summed E-state index contributed by atoms with van der Waals surface area (Å²) < 4.78 is 38.1. The van der Waals surface area contributed by atoms with Gasteiger partial charge in [-0.05, 0) is 25.6 Å². The molecular weight excluding hydrogens is 287 g/mol. The molecule has 1 aromatic heterocycles. The largest absolute Gasteiger partial charge is 0.416 e. The molecule has 2 aromatic rings. The molecule has 108 valence electrons. The molecular formula is C13H14F3N3S. The number of halogens is 3. The number of rotatable bonds is 4. The second-order valence-corrected chi connectivity index (χ2v) is 5.28. The highest BCUT2D eigenvalue weighted by molar-refractivity contribution is 7.14. The normalized spacial score (nSPS) is 13.4. The van der Waals surface area contributed by atoms with Gasteiger partial charge in [0.25, 0.3) is 0 Å². The van der Waals surface area contributed by atoms with E-state index in [0.717, 1.165) is 23.6 Å². The molecule has 0 aliphatic carbocycles. The Labute approximate surface area is 118 Å². The molecule has 0 amide bonds. The van der Waals surface area contributed by atoms with Gasteiger partial charge in [-0.15, -0.1) is 10.2 Å². The topological polar surface area (TPSA) is 37.8 Å². The minimum absolute atomic E-state index is 0.0760. The van der Waals surface area contributed by atoms with Crippen molar-refractivity contribution in [1.29, 1.82) is 0 Å². The highest BCUT2D eigenvalue weighted by atomic mass is 32.1. The summed E-state index contributed by atoms with van der Waals surface area (Å²) in [7, 11) is 1.82. The Kier molecular flexibility index (Phi) is 4.39. The van der Waals surface area contributed by atoms with Crippen molar-refractivity contribution in [3.05, 3.63) is 34.8 Å². The average molecular weight is 301 g/mol.